The number of fused-ring (bicyclic) bond motifs is 1. The van der Waals surface area contributed by atoms with E-state index in [9.17, 15) is 14.4 Å². The molecule has 8 heteroatoms. The van der Waals surface area contributed by atoms with Gasteiger partial charge in [0, 0.05) is 22.2 Å². The Balaban J connectivity index is 1.61. The molecule has 2 aromatic rings. The molecule has 1 atom stereocenters. The molecular formula is C18H15Cl2N3O3. The molecule has 134 valence electrons. The number of hydrogen-bond donors (Lipinski definition) is 3. The van der Waals surface area contributed by atoms with E-state index in [1.165, 1.54) is 0 Å². The van der Waals surface area contributed by atoms with Crippen molar-refractivity contribution in [2.75, 3.05) is 10.6 Å². The Labute approximate surface area is 159 Å². The highest BCUT2D eigenvalue weighted by molar-refractivity contribution is 6.35. The summed E-state index contributed by atoms with van der Waals surface area (Å²) in [5.41, 5.74) is 1.31. The summed E-state index contributed by atoms with van der Waals surface area (Å²) in [7, 11) is 0. The number of para-hydroxylation sites is 1. The molecule has 1 unspecified atom stereocenters. The smallest absolute Gasteiger partial charge is 0.254 e. The fourth-order valence-electron chi connectivity index (χ4n) is 2.64. The molecule has 26 heavy (non-hydrogen) atoms. The maximum Gasteiger partial charge on any atom is 0.254 e. The van der Waals surface area contributed by atoms with Gasteiger partial charge in [0.15, 0.2) is 0 Å². The van der Waals surface area contributed by atoms with E-state index in [0.717, 1.165) is 0 Å². The minimum atomic E-state index is -0.802. The van der Waals surface area contributed by atoms with Gasteiger partial charge in [0.1, 0.15) is 6.04 Å². The standard InChI is InChI=1S/C18H15Cl2N3O3/c19-10-7-11(20)9-12(8-10)21-16(24)6-5-15-18(26)22-14-4-2-1-3-13(14)17(25)23-15/h1-4,7-9,15H,5-6H2,(H,21,24)(H,22,26)(H,23,25). The van der Waals surface area contributed by atoms with Crippen molar-refractivity contribution in [3.05, 3.63) is 58.1 Å². The van der Waals surface area contributed by atoms with Crippen LogP contribution in [0, 0.1) is 0 Å². The molecule has 6 nitrogen and oxygen atoms in total. The Kier molecular flexibility index (Phi) is 5.44. The molecule has 0 radical (unpaired) electrons. The van der Waals surface area contributed by atoms with Crippen molar-refractivity contribution in [3.8, 4) is 0 Å². The average molecular weight is 392 g/mol. The van der Waals surface area contributed by atoms with E-state index >= 15 is 0 Å². The number of nitrogens with one attached hydrogen (secondary N) is 3. The van der Waals surface area contributed by atoms with E-state index in [0.29, 0.717) is 27.0 Å². The molecule has 1 heterocycles. The normalized spacial score (nSPS) is 16.2. The summed E-state index contributed by atoms with van der Waals surface area (Å²) in [5, 5.41) is 8.83. The van der Waals surface area contributed by atoms with Crippen molar-refractivity contribution in [2.45, 2.75) is 18.9 Å². The second kappa shape index (κ2) is 7.76. The molecule has 1 aliphatic heterocycles. The third-order valence-corrected chi connectivity index (χ3v) is 4.29. The van der Waals surface area contributed by atoms with Gasteiger partial charge in [0.25, 0.3) is 5.91 Å². The van der Waals surface area contributed by atoms with Gasteiger partial charge >= 0.3 is 0 Å². The van der Waals surface area contributed by atoms with Gasteiger partial charge in [-0.25, -0.2) is 0 Å². The first-order valence-corrected chi connectivity index (χ1v) is 8.64. The molecular weight excluding hydrogens is 377 g/mol. The highest BCUT2D eigenvalue weighted by Crippen LogP contribution is 2.23. The van der Waals surface area contributed by atoms with E-state index in [4.69, 9.17) is 23.2 Å². The zero-order valence-electron chi connectivity index (χ0n) is 13.5. The minimum absolute atomic E-state index is 0.0405. The van der Waals surface area contributed by atoms with Crippen molar-refractivity contribution < 1.29 is 14.4 Å². The molecule has 1 aliphatic rings. The lowest BCUT2D eigenvalue weighted by Crippen LogP contribution is -2.41. The van der Waals surface area contributed by atoms with Crippen molar-refractivity contribution in [1.82, 2.24) is 5.32 Å². The summed E-state index contributed by atoms with van der Waals surface area (Å²) in [6, 6.07) is 10.6. The predicted octanol–water partition coefficient (Wildman–Crippen LogP) is 3.46. The second-order valence-electron chi connectivity index (χ2n) is 5.81. The molecule has 2 aromatic carbocycles. The topological polar surface area (TPSA) is 87.3 Å². The number of amides is 3. The summed E-state index contributed by atoms with van der Waals surface area (Å²) >= 11 is 11.8. The van der Waals surface area contributed by atoms with E-state index in [1.807, 2.05) is 0 Å². The SMILES string of the molecule is O=C(CCC1NC(=O)c2ccccc2NC1=O)Nc1cc(Cl)cc(Cl)c1. The monoisotopic (exact) mass is 391 g/mol. The van der Waals surface area contributed by atoms with Crippen LogP contribution < -0.4 is 16.0 Å². The molecule has 3 rings (SSSR count). The molecule has 0 bridgehead atoms. The molecule has 0 spiro atoms. The van der Waals surface area contributed by atoms with Gasteiger partial charge < -0.3 is 16.0 Å². The van der Waals surface area contributed by atoms with Gasteiger partial charge in [-0.05, 0) is 36.8 Å². The largest absolute Gasteiger partial charge is 0.340 e. The highest BCUT2D eigenvalue weighted by atomic mass is 35.5. The van der Waals surface area contributed by atoms with Crippen LogP contribution >= 0.6 is 23.2 Å². The Bertz CT molecular complexity index is 865. The molecule has 0 saturated carbocycles. The average Bonchev–Trinajstić information content (AvgIpc) is 2.69. The van der Waals surface area contributed by atoms with Crippen LogP contribution in [0.3, 0.4) is 0 Å². The summed E-state index contributed by atoms with van der Waals surface area (Å²) < 4.78 is 0. The second-order valence-corrected chi connectivity index (χ2v) is 6.68. The Morgan fingerprint density at radius 2 is 1.77 bits per heavy atom. The lowest BCUT2D eigenvalue weighted by molar-refractivity contribution is -0.118. The number of carbonyl (C=O) groups is 3. The summed E-state index contributed by atoms with van der Waals surface area (Å²) in [6.45, 7) is 0. The van der Waals surface area contributed by atoms with Crippen LogP contribution in [0.25, 0.3) is 0 Å². The van der Waals surface area contributed by atoms with E-state index < -0.39 is 6.04 Å². The fraction of sp³-hybridized carbons (Fsp3) is 0.167. The van der Waals surface area contributed by atoms with E-state index in [2.05, 4.69) is 16.0 Å². The molecule has 3 N–H and O–H groups in total. The van der Waals surface area contributed by atoms with Crippen molar-refractivity contribution in [3.63, 3.8) is 0 Å². The van der Waals surface area contributed by atoms with Crippen molar-refractivity contribution >= 4 is 52.3 Å². The quantitative estimate of drug-likeness (QED) is 0.745. The van der Waals surface area contributed by atoms with Crippen LogP contribution in [0.15, 0.2) is 42.5 Å². The van der Waals surface area contributed by atoms with Crippen molar-refractivity contribution in [2.24, 2.45) is 0 Å². The molecule has 0 fully saturated rings. The van der Waals surface area contributed by atoms with Crippen LogP contribution in [0.2, 0.25) is 10.0 Å². The van der Waals surface area contributed by atoms with Crippen LogP contribution in [0.4, 0.5) is 11.4 Å². The zero-order valence-corrected chi connectivity index (χ0v) is 15.0. The van der Waals surface area contributed by atoms with Crippen molar-refractivity contribution in [1.29, 1.82) is 0 Å². The molecule has 0 aromatic heterocycles. The Hall–Kier alpha value is -2.57. The zero-order chi connectivity index (χ0) is 18.7. The lowest BCUT2D eigenvalue weighted by Gasteiger charge is -2.14. The lowest BCUT2D eigenvalue weighted by atomic mass is 10.1. The Morgan fingerprint density at radius 3 is 2.50 bits per heavy atom. The van der Waals surface area contributed by atoms with Gasteiger partial charge in [-0.15, -0.1) is 0 Å². The summed E-state index contributed by atoms with van der Waals surface area (Å²) in [5.74, 6) is -1.03. The van der Waals surface area contributed by atoms with Crippen LogP contribution in [-0.4, -0.2) is 23.8 Å². The maximum absolute atomic E-state index is 12.3. The first kappa shape index (κ1) is 18.2. The summed E-state index contributed by atoms with van der Waals surface area (Å²) in [4.78, 5) is 36.7. The number of carbonyl (C=O) groups excluding carboxylic acids is 3. The number of benzene rings is 2. The van der Waals surface area contributed by atoms with Crippen LogP contribution in [-0.2, 0) is 9.59 Å². The van der Waals surface area contributed by atoms with Gasteiger partial charge in [0.05, 0.1) is 11.3 Å². The molecule has 0 aliphatic carbocycles. The van der Waals surface area contributed by atoms with Gasteiger partial charge in [0.2, 0.25) is 11.8 Å². The number of anilines is 2. The number of halogens is 2. The maximum atomic E-state index is 12.3. The third kappa shape index (κ3) is 4.33. The van der Waals surface area contributed by atoms with Gasteiger partial charge in [-0.2, -0.15) is 0 Å². The Morgan fingerprint density at radius 1 is 1.08 bits per heavy atom. The first-order chi connectivity index (χ1) is 12.4. The van der Waals surface area contributed by atoms with E-state index in [1.54, 1.807) is 42.5 Å². The molecule has 3 amide bonds. The van der Waals surface area contributed by atoms with Crippen LogP contribution in [0.5, 0.6) is 0 Å². The number of hydrogen-bond acceptors (Lipinski definition) is 3. The van der Waals surface area contributed by atoms with Crippen LogP contribution in [0.1, 0.15) is 23.2 Å². The molecule has 0 saturated heterocycles. The van der Waals surface area contributed by atoms with Gasteiger partial charge in [-0.1, -0.05) is 35.3 Å². The predicted molar refractivity (Wildman–Crippen MR) is 101 cm³/mol. The minimum Gasteiger partial charge on any atom is -0.340 e. The summed E-state index contributed by atoms with van der Waals surface area (Å²) in [6.07, 6.45) is 0.199. The number of rotatable bonds is 4. The third-order valence-electron chi connectivity index (χ3n) is 3.86. The highest BCUT2D eigenvalue weighted by Gasteiger charge is 2.27. The van der Waals surface area contributed by atoms with Gasteiger partial charge in [-0.3, -0.25) is 14.4 Å². The fourth-order valence-corrected chi connectivity index (χ4v) is 3.17. The van der Waals surface area contributed by atoms with E-state index in [-0.39, 0.29) is 30.6 Å². The first-order valence-electron chi connectivity index (χ1n) is 7.89.